The highest BCUT2D eigenvalue weighted by molar-refractivity contribution is 5.46. The Balaban J connectivity index is 2.43. The molecule has 1 aromatic heterocycles. The van der Waals surface area contributed by atoms with Crippen molar-refractivity contribution >= 4 is 5.69 Å². The fraction of sp³-hybridized carbons (Fsp3) is 0.353. The molecule has 2 rings (SSSR count). The van der Waals surface area contributed by atoms with Gasteiger partial charge in [-0.25, -0.2) is 4.98 Å². The Bertz CT molecular complexity index is 627. The Kier molecular flexibility index (Phi) is 3.71. The van der Waals surface area contributed by atoms with Gasteiger partial charge in [-0.3, -0.25) is 0 Å². The van der Waals surface area contributed by atoms with Crippen LogP contribution in [0, 0.1) is 13.8 Å². The maximum absolute atomic E-state index is 6.01. The zero-order chi connectivity index (χ0) is 14.9. The maximum atomic E-state index is 6.01. The monoisotopic (exact) mass is 270 g/mol. The average Bonchev–Trinajstić information content (AvgIpc) is 2.33. The van der Waals surface area contributed by atoms with Crippen molar-refractivity contribution in [2.24, 2.45) is 0 Å². The van der Waals surface area contributed by atoms with E-state index in [1.807, 2.05) is 19.1 Å². The van der Waals surface area contributed by atoms with Gasteiger partial charge in [0.1, 0.15) is 5.75 Å². The number of hydrogen-bond donors (Lipinski definition) is 1. The Morgan fingerprint density at radius 2 is 1.80 bits per heavy atom. The Labute approximate surface area is 120 Å². The molecule has 1 aromatic carbocycles. The first-order chi connectivity index (χ1) is 9.27. The van der Waals surface area contributed by atoms with Crippen molar-refractivity contribution in [2.45, 2.75) is 40.0 Å². The second-order valence-corrected chi connectivity index (χ2v) is 6.24. The summed E-state index contributed by atoms with van der Waals surface area (Å²) in [4.78, 5) is 4.27. The largest absolute Gasteiger partial charge is 0.438 e. The summed E-state index contributed by atoms with van der Waals surface area (Å²) in [7, 11) is 0. The van der Waals surface area contributed by atoms with Gasteiger partial charge in [0.05, 0.1) is 11.9 Å². The zero-order valence-electron chi connectivity index (χ0n) is 12.8. The third-order valence-corrected chi connectivity index (χ3v) is 3.20. The van der Waals surface area contributed by atoms with Crippen LogP contribution in [0.15, 0.2) is 30.5 Å². The fourth-order valence-electron chi connectivity index (χ4n) is 2.11. The van der Waals surface area contributed by atoms with E-state index in [4.69, 9.17) is 10.5 Å². The number of nitrogens with zero attached hydrogens (tertiary/aromatic N) is 1. The molecule has 0 aliphatic heterocycles. The van der Waals surface area contributed by atoms with Crippen LogP contribution in [0.2, 0.25) is 0 Å². The van der Waals surface area contributed by atoms with Crippen LogP contribution in [0.4, 0.5) is 5.69 Å². The van der Waals surface area contributed by atoms with Gasteiger partial charge < -0.3 is 10.5 Å². The standard InChI is InChI=1S/C17H22N2O/c1-11-6-7-15(14(8-11)17(3,4)5)20-16-12(2)9-13(18)10-19-16/h6-10H,18H2,1-5H3. The van der Waals surface area contributed by atoms with E-state index in [9.17, 15) is 0 Å². The van der Waals surface area contributed by atoms with E-state index in [-0.39, 0.29) is 5.41 Å². The molecule has 0 radical (unpaired) electrons. The van der Waals surface area contributed by atoms with Crippen LogP contribution in [0.5, 0.6) is 11.6 Å². The Morgan fingerprint density at radius 3 is 2.40 bits per heavy atom. The van der Waals surface area contributed by atoms with Gasteiger partial charge >= 0.3 is 0 Å². The SMILES string of the molecule is Cc1ccc(Oc2ncc(N)cc2C)c(C(C)(C)C)c1. The Morgan fingerprint density at radius 1 is 1.10 bits per heavy atom. The number of aromatic nitrogens is 1. The number of pyridine rings is 1. The van der Waals surface area contributed by atoms with Crippen molar-refractivity contribution in [1.29, 1.82) is 0 Å². The van der Waals surface area contributed by atoms with Gasteiger partial charge in [-0.1, -0.05) is 38.5 Å². The predicted octanol–water partition coefficient (Wildman–Crippen LogP) is 4.37. The summed E-state index contributed by atoms with van der Waals surface area (Å²) in [5.74, 6) is 1.46. The first kappa shape index (κ1) is 14.4. The number of rotatable bonds is 2. The van der Waals surface area contributed by atoms with E-state index in [1.165, 1.54) is 11.1 Å². The second kappa shape index (κ2) is 5.16. The molecule has 3 heteroatoms. The van der Waals surface area contributed by atoms with Gasteiger partial charge in [0.2, 0.25) is 5.88 Å². The first-order valence-corrected chi connectivity index (χ1v) is 6.78. The molecule has 2 aromatic rings. The average molecular weight is 270 g/mol. The molecule has 1 heterocycles. The third kappa shape index (κ3) is 3.10. The first-order valence-electron chi connectivity index (χ1n) is 6.78. The molecular weight excluding hydrogens is 248 g/mol. The molecule has 0 fully saturated rings. The molecule has 0 spiro atoms. The molecular formula is C17H22N2O. The zero-order valence-corrected chi connectivity index (χ0v) is 12.8. The van der Waals surface area contributed by atoms with E-state index in [0.29, 0.717) is 11.6 Å². The van der Waals surface area contributed by atoms with Crippen molar-refractivity contribution in [2.75, 3.05) is 5.73 Å². The minimum atomic E-state index is 0.0169. The van der Waals surface area contributed by atoms with Crippen LogP contribution in [-0.2, 0) is 5.41 Å². The van der Waals surface area contributed by atoms with Crippen LogP contribution >= 0.6 is 0 Å². The molecule has 0 atom stereocenters. The van der Waals surface area contributed by atoms with E-state index >= 15 is 0 Å². The van der Waals surface area contributed by atoms with E-state index < -0.39 is 0 Å². The minimum Gasteiger partial charge on any atom is -0.438 e. The number of benzene rings is 1. The fourth-order valence-corrected chi connectivity index (χ4v) is 2.11. The summed E-state index contributed by atoms with van der Waals surface area (Å²) in [6, 6.07) is 8.10. The van der Waals surface area contributed by atoms with E-state index in [1.54, 1.807) is 6.20 Å². The van der Waals surface area contributed by atoms with Crippen LogP contribution < -0.4 is 10.5 Å². The normalized spacial score (nSPS) is 11.4. The number of nitrogen functional groups attached to an aromatic ring is 1. The maximum Gasteiger partial charge on any atom is 0.222 e. The smallest absolute Gasteiger partial charge is 0.222 e. The van der Waals surface area contributed by atoms with Gasteiger partial charge in [0.15, 0.2) is 0 Å². The summed E-state index contributed by atoms with van der Waals surface area (Å²) in [6.45, 7) is 10.6. The molecule has 2 N–H and O–H groups in total. The molecule has 0 saturated carbocycles. The molecule has 0 bridgehead atoms. The molecule has 106 valence electrons. The summed E-state index contributed by atoms with van der Waals surface area (Å²) in [6.07, 6.45) is 1.62. The van der Waals surface area contributed by atoms with E-state index in [2.05, 4.69) is 44.8 Å². The lowest BCUT2D eigenvalue weighted by atomic mass is 9.85. The summed E-state index contributed by atoms with van der Waals surface area (Å²) in [5.41, 5.74) is 9.72. The van der Waals surface area contributed by atoms with Crippen LogP contribution in [0.1, 0.15) is 37.5 Å². The lowest BCUT2D eigenvalue weighted by Gasteiger charge is -2.23. The quantitative estimate of drug-likeness (QED) is 0.881. The highest BCUT2D eigenvalue weighted by Gasteiger charge is 2.20. The number of anilines is 1. The highest BCUT2D eigenvalue weighted by atomic mass is 16.5. The molecule has 3 nitrogen and oxygen atoms in total. The van der Waals surface area contributed by atoms with Gasteiger partial charge in [-0.05, 0) is 31.4 Å². The van der Waals surface area contributed by atoms with E-state index in [0.717, 1.165) is 11.3 Å². The second-order valence-electron chi connectivity index (χ2n) is 6.24. The predicted molar refractivity (Wildman–Crippen MR) is 83.3 cm³/mol. The van der Waals surface area contributed by atoms with Crippen molar-refractivity contribution in [1.82, 2.24) is 4.98 Å². The molecule has 0 unspecified atom stereocenters. The van der Waals surface area contributed by atoms with Crippen molar-refractivity contribution in [3.8, 4) is 11.6 Å². The molecule has 0 saturated heterocycles. The summed E-state index contributed by atoms with van der Waals surface area (Å²) >= 11 is 0. The third-order valence-electron chi connectivity index (χ3n) is 3.20. The molecule has 0 aliphatic rings. The topological polar surface area (TPSA) is 48.1 Å². The Hall–Kier alpha value is -2.03. The lowest BCUT2D eigenvalue weighted by molar-refractivity contribution is 0.436. The number of aryl methyl sites for hydroxylation is 2. The summed E-state index contributed by atoms with van der Waals surface area (Å²) in [5, 5.41) is 0. The molecule has 0 aliphatic carbocycles. The van der Waals surface area contributed by atoms with Crippen LogP contribution in [0.3, 0.4) is 0 Å². The van der Waals surface area contributed by atoms with Crippen molar-refractivity contribution < 1.29 is 4.74 Å². The molecule has 20 heavy (non-hydrogen) atoms. The van der Waals surface area contributed by atoms with Crippen LogP contribution in [-0.4, -0.2) is 4.98 Å². The number of ether oxygens (including phenoxy) is 1. The minimum absolute atomic E-state index is 0.0169. The van der Waals surface area contributed by atoms with Gasteiger partial charge in [0, 0.05) is 11.1 Å². The summed E-state index contributed by atoms with van der Waals surface area (Å²) < 4.78 is 6.01. The van der Waals surface area contributed by atoms with Gasteiger partial charge in [0.25, 0.3) is 0 Å². The van der Waals surface area contributed by atoms with Gasteiger partial charge in [-0.15, -0.1) is 0 Å². The number of nitrogens with two attached hydrogens (primary N) is 1. The highest BCUT2D eigenvalue weighted by Crippen LogP contribution is 2.35. The van der Waals surface area contributed by atoms with Gasteiger partial charge in [-0.2, -0.15) is 0 Å². The van der Waals surface area contributed by atoms with Crippen LogP contribution in [0.25, 0.3) is 0 Å². The lowest BCUT2D eigenvalue weighted by Crippen LogP contribution is -2.13. The van der Waals surface area contributed by atoms with Crippen molar-refractivity contribution in [3.63, 3.8) is 0 Å². The van der Waals surface area contributed by atoms with Crippen molar-refractivity contribution in [3.05, 3.63) is 47.2 Å². The molecule has 0 amide bonds. The number of hydrogen-bond acceptors (Lipinski definition) is 3.